The lowest BCUT2D eigenvalue weighted by atomic mass is 9.96. The van der Waals surface area contributed by atoms with Gasteiger partial charge in [-0.2, -0.15) is 0 Å². The van der Waals surface area contributed by atoms with Crippen LogP contribution in [0.3, 0.4) is 0 Å². The molecule has 2 heteroatoms. The normalized spacial score (nSPS) is 18.2. The van der Waals surface area contributed by atoms with Crippen LogP contribution in [0.25, 0.3) is 0 Å². The number of benzene rings is 1. The van der Waals surface area contributed by atoms with E-state index in [-0.39, 0.29) is 0 Å². The third-order valence-electron chi connectivity index (χ3n) is 4.84. The lowest BCUT2D eigenvalue weighted by molar-refractivity contribution is 0.153. The fourth-order valence-corrected chi connectivity index (χ4v) is 3.17. The van der Waals surface area contributed by atoms with Crippen LogP contribution in [0, 0.1) is 13.8 Å². The molecule has 0 amide bonds. The summed E-state index contributed by atoms with van der Waals surface area (Å²) in [7, 11) is 4.45. The molecule has 0 spiro atoms. The maximum Gasteiger partial charge on any atom is 0.0328 e. The Bertz CT molecular complexity index is 417. The third-order valence-corrected chi connectivity index (χ3v) is 4.84. The van der Waals surface area contributed by atoms with Crippen molar-refractivity contribution in [3.05, 3.63) is 34.9 Å². The smallest absolute Gasteiger partial charge is 0.0328 e. The van der Waals surface area contributed by atoms with Gasteiger partial charge < -0.3 is 10.2 Å². The van der Waals surface area contributed by atoms with E-state index >= 15 is 0 Å². The Morgan fingerprint density at radius 3 is 2.37 bits per heavy atom. The molecule has 106 valence electrons. The summed E-state index contributed by atoms with van der Waals surface area (Å²) >= 11 is 0. The molecule has 1 aromatic carbocycles. The number of hydrogen-bond acceptors (Lipinski definition) is 2. The minimum Gasteiger partial charge on any atom is -0.311 e. The molecule has 1 aromatic rings. The van der Waals surface area contributed by atoms with Crippen LogP contribution in [0.15, 0.2) is 18.2 Å². The summed E-state index contributed by atoms with van der Waals surface area (Å²) in [6.07, 6.45) is 5.42. The summed E-state index contributed by atoms with van der Waals surface area (Å²) in [6.45, 7) is 6.45. The van der Waals surface area contributed by atoms with Crippen LogP contribution in [0.1, 0.15) is 42.4 Å². The average Bonchev–Trinajstić information content (AvgIpc) is 2.84. The van der Waals surface area contributed by atoms with E-state index in [2.05, 4.69) is 56.4 Å². The van der Waals surface area contributed by atoms with Gasteiger partial charge >= 0.3 is 0 Å². The van der Waals surface area contributed by atoms with Gasteiger partial charge in [0.25, 0.3) is 0 Å². The third kappa shape index (κ3) is 3.37. The van der Waals surface area contributed by atoms with Gasteiger partial charge in [-0.1, -0.05) is 31.0 Å². The van der Waals surface area contributed by atoms with Crippen molar-refractivity contribution in [1.82, 2.24) is 10.2 Å². The van der Waals surface area contributed by atoms with Gasteiger partial charge in [0, 0.05) is 18.6 Å². The molecule has 1 N–H and O–H groups in total. The molecule has 1 saturated carbocycles. The zero-order chi connectivity index (χ0) is 13.9. The highest BCUT2D eigenvalue weighted by molar-refractivity contribution is 5.29. The summed E-state index contributed by atoms with van der Waals surface area (Å²) in [6, 6.07) is 6.77. The lowest BCUT2D eigenvalue weighted by Crippen LogP contribution is -2.49. The summed E-state index contributed by atoms with van der Waals surface area (Å²) in [5.41, 5.74) is 4.56. The number of likely N-dealkylation sites (N-methyl/N-ethyl adjacent to an activating group) is 1. The highest BCUT2D eigenvalue weighted by Crippen LogP contribution is 2.33. The van der Waals surface area contributed by atoms with E-state index in [0.717, 1.165) is 13.1 Å². The second kappa shape index (κ2) is 6.06. The first kappa shape index (κ1) is 14.5. The van der Waals surface area contributed by atoms with E-state index in [0.29, 0.717) is 5.54 Å². The number of nitrogens with one attached hydrogen (secondary N) is 1. The lowest BCUT2D eigenvalue weighted by Gasteiger charge is -2.36. The highest BCUT2D eigenvalue weighted by Gasteiger charge is 2.35. The molecule has 1 fully saturated rings. The monoisotopic (exact) mass is 260 g/mol. The summed E-state index contributed by atoms with van der Waals surface area (Å²) in [4.78, 5) is 2.42. The minimum atomic E-state index is 0.389. The van der Waals surface area contributed by atoms with Gasteiger partial charge in [0.2, 0.25) is 0 Å². The second-order valence-electron chi connectivity index (χ2n) is 6.35. The largest absolute Gasteiger partial charge is 0.311 e. The van der Waals surface area contributed by atoms with Crippen LogP contribution < -0.4 is 5.32 Å². The van der Waals surface area contributed by atoms with Gasteiger partial charge in [0.05, 0.1) is 0 Å². The van der Waals surface area contributed by atoms with Crippen molar-refractivity contribution in [1.29, 1.82) is 0 Å². The van der Waals surface area contributed by atoms with Crippen LogP contribution in [0.4, 0.5) is 0 Å². The van der Waals surface area contributed by atoms with E-state index in [1.165, 1.54) is 42.4 Å². The topological polar surface area (TPSA) is 15.3 Å². The number of hydrogen-bond donors (Lipinski definition) is 1. The number of rotatable bonds is 5. The molecule has 2 nitrogen and oxygen atoms in total. The van der Waals surface area contributed by atoms with Crippen LogP contribution in [-0.4, -0.2) is 31.1 Å². The molecule has 0 bridgehead atoms. The molecule has 0 heterocycles. The molecule has 0 unspecified atom stereocenters. The van der Waals surface area contributed by atoms with Crippen molar-refractivity contribution in [2.45, 2.75) is 51.6 Å². The molecule has 0 radical (unpaired) electrons. The SMILES string of the molecule is Cc1ccc(CNCC2(N(C)C)CCCC2)cc1C. The predicted octanol–water partition coefficient (Wildman–Crippen LogP) is 3.27. The van der Waals surface area contributed by atoms with Gasteiger partial charge in [0.15, 0.2) is 0 Å². The number of nitrogens with zero attached hydrogens (tertiary/aromatic N) is 1. The maximum absolute atomic E-state index is 3.67. The Labute approximate surface area is 118 Å². The Balaban J connectivity index is 1.90. The molecular weight excluding hydrogens is 232 g/mol. The van der Waals surface area contributed by atoms with Crippen LogP contribution in [-0.2, 0) is 6.54 Å². The first-order valence-electron chi connectivity index (χ1n) is 7.48. The quantitative estimate of drug-likeness (QED) is 0.874. The zero-order valence-electron chi connectivity index (χ0n) is 12.9. The molecule has 19 heavy (non-hydrogen) atoms. The predicted molar refractivity (Wildman–Crippen MR) is 82.5 cm³/mol. The molecule has 1 aliphatic carbocycles. The molecule has 2 rings (SSSR count). The maximum atomic E-state index is 3.67. The standard InChI is InChI=1S/C17H28N2/c1-14-7-8-16(11-15(14)2)12-18-13-17(19(3)4)9-5-6-10-17/h7-8,11,18H,5-6,9-10,12-13H2,1-4H3. The van der Waals surface area contributed by atoms with E-state index in [1.807, 2.05) is 0 Å². The second-order valence-corrected chi connectivity index (χ2v) is 6.35. The van der Waals surface area contributed by atoms with E-state index in [9.17, 15) is 0 Å². The molecule has 0 saturated heterocycles. The van der Waals surface area contributed by atoms with Crippen molar-refractivity contribution >= 4 is 0 Å². The fraction of sp³-hybridized carbons (Fsp3) is 0.647. The molecule has 0 aromatic heterocycles. The minimum absolute atomic E-state index is 0.389. The highest BCUT2D eigenvalue weighted by atomic mass is 15.2. The van der Waals surface area contributed by atoms with Crippen molar-refractivity contribution < 1.29 is 0 Å². The van der Waals surface area contributed by atoms with E-state index in [4.69, 9.17) is 0 Å². The summed E-state index contributed by atoms with van der Waals surface area (Å²) < 4.78 is 0. The van der Waals surface area contributed by atoms with Gasteiger partial charge in [-0.15, -0.1) is 0 Å². The van der Waals surface area contributed by atoms with E-state index in [1.54, 1.807) is 0 Å². The van der Waals surface area contributed by atoms with Crippen LogP contribution in [0.5, 0.6) is 0 Å². The Morgan fingerprint density at radius 2 is 1.79 bits per heavy atom. The first-order valence-corrected chi connectivity index (χ1v) is 7.48. The summed E-state index contributed by atoms with van der Waals surface area (Å²) in [5.74, 6) is 0. The van der Waals surface area contributed by atoms with Crippen molar-refractivity contribution in [3.8, 4) is 0 Å². The summed E-state index contributed by atoms with van der Waals surface area (Å²) in [5, 5.41) is 3.67. The van der Waals surface area contributed by atoms with E-state index < -0.39 is 0 Å². The molecule has 0 atom stereocenters. The van der Waals surface area contributed by atoms with Crippen molar-refractivity contribution in [3.63, 3.8) is 0 Å². The van der Waals surface area contributed by atoms with Gasteiger partial charge in [-0.25, -0.2) is 0 Å². The average molecular weight is 260 g/mol. The number of aryl methyl sites for hydroxylation is 2. The zero-order valence-corrected chi connectivity index (χ0v) is 12.9. The van der Waals surface area contributed by atoms with Gasteiger partial charge in [0.1, 0.15) is 0 Å². The molecule has 0 aliphatic heterocycles. The Kier molecular flexibility index (Phi) is 4.64. The van der Waals surface area contributed by atoms with Crippen molar-refractivity contribution in [2.24, 2.45) is 0 Å². The molecular formula is C17H28N2. The van der Waals surface area contributed by atoms with Crippen LogP contribution >= 0.6 is 0 Å². The molecule has 1 aliphatic rings. The fourth-order valence-electron chi connectivity index (χ4n) is 3.17. The van der Waals surface area contributed by atoms with Crippen LogP contribution in [0.2, 0.25) is 0 Å². The van der Waals surface area contributed by atoms with Gasteiger partial charge in [-0.05, 0) is 57.5 Å². The van der Waals surface area contributed by atoms with Crippen molar-refractivity contribution in [2.75, 3.05) is 20.6 Å². The van der Waals surface area contributed by atoms with Gasteiger partial charge in [-0.3, -0.25) is 0 Å². The first-order chi connectivity index (χ1) is 9.03. The Morgan fingerprint density at radius 1 is 1.11 bits per heavy atom. The Hall–Kier alpha value is -0.860.